The molecule has 0 aromatic carbocycles. The van der Waals surface area contributed by atoms with Gasteiger partial charge in [-0.3, -0.25) is 4.98 Å². The number of nitrogens with zero attached hydrogens (tertiary/aromatic N) is 5. The summed E-state index contributed by atoms with van der Waals surface area (Å²) < 4.78 is 1.30. The fourth-order valence-electron chi connectivity index (χ4n) is 2.13. The minimum atomic E-state index is -0.155. The molecule has 0 radical (unpaired) electrons. The van der Waals surface area contributed by atoms with Gasteiger partial charge in [0, 0.05) is 25.3 Å². The van der Waals surface area contributed by atoms with Gasteiger partial charge in [0.15, 0.2) is 0 Å². The second-order valence-electron chi connectivity index (χ2n) is 4.47. The molecule has 1 fully saturated rings. The van der Waals surface area contributed by atoms with Crippen LogP contribution in [0.15, 0.2) is 18.5 Å². The number of pyridine rings is 1. The summed E-state index contributed by atoms with van der Waals surface area (Å²) in [5.74, 6) is 0. The summed E-state index contributed by atoms with van der Waals surface area (Å²) in [5.41, 5.74) is 7.13. The molecule has 0 saturated carbocycles. The van der Waals surface area contributed by atoms with Crippen molar-refractivity contribution in [1.82, 2.24) is 24.9 Å². The first-order valence-electron chi connectivity index (χ1n) is 5.96. The largest absolute Gasteiger partial charge is 0.346 e. The number of rotatable bonds is 0. The van der Waals surface area contributed by atoms with E-state index >= 15 is 0 Å². The minimum absolute atomic E-state index is 0.155. The van der Waals surface area contributed by atoms with Gasteiger partial charge in [-0.2, -0.15) is 4.68 Å². The smallest absolute Gasteiger partial charge is 0.328 e. The van der Waals surface area contributed by atoms with Gasteiger partial charge in [0.05, 0.1) is 6.20 Å². The minimum Gasteiger partial charge on any atom is -0.328 e. The van der Waals surface area contributed by atoms with Crippen LogP contribution in [0.2, 0.25) is 0 Å². The Morgan fingerprint density at radius 2 is 2.17 bits per heavy atom. The van der Waals surface area contributed by atoms with Crippen molar-refractivity contribution in [2.75, 3.05) is 13.1 Å². The van der Waals surface area contributed by atoms with Gasteiger partial charge in [0.25, 0.3) is 0 Å². The fourth-order valence-corrected chi connectivity index (χ4v) is 2.13. The second-order valence-corrected chi connectivity index (χ2v) is 4.47. The van der Waals surface area contributed by atoms with E-state index in [-0.39, 0.29) is 12.1 Å². The molecule has 3 heterocycles. The number of fused-ring (bicyclic) bond motifs is 1. The highest BCUT2D eigenvalue weighted by Gasteiger charge is 2.23. The Morgan fingerprint density at radius 1 is 1.39 bits per heavy atom. The quantitative estimate of drug-likeness (QED) is 0.718. The molecule has 0 spiro atoms. The normalized spacial score (nSPS) is 17.3. The monoisotopic (exact) mass is 246 g/mol. The van der Waals surface area contributed by atoms with E-state index < -0.39 is 0 Å². The molecular weight excluding hydrogens is 232 g/mol. The molecule has 7 heteroatoms. The molecule has 1 aliphatic rings. The van der Waals surface area contributed by atoms with Gasteiger partial charge in [-0.1, -0.05) is 5.21 Å². The maximum Gasteiger partial charge on any atom is 0.346 e. The van der Waals surface area contributed by atoms with Crippen LogP contribution in [0.3, 0.4) is 0 Å². The molecule has 94 valence electrons. The summed E-state index contributed by atoms with van der Waals surface area (Å²) in [5, 5.41) is 7.84. The first kappa shape index (κ1) is 11.1. The van der Waals surface area contributed by atoms with E-state index in [1.165, 1.54) is 4.68 Å². The Kier molecular flexibility index (Phi) is 2.67. The van der Waals surface area contributed by atoms with E-state index in [4.69, 9.17) is 5.73 Å². The molecule has 0 atom stereocenters. The van der Waals surface area contributed by atoms with Crippen molar-refractivity contribution in [1.29, 1.82) is 0 Å². The van der Waals surface area contributed by atoms with E-state index in [1.54, 1.807) is 23.4 Å². The number of piperidine rings is 1. The predicted octanol–water partition coefficient (Wildman–Crippen LogP) is 0.217. The Morgan fingerprint density at radius 3 is 2.94 bits per heavy atom. The summed E-state index contributed by atoms with van der Waals surface area (Å²) in [6, 6.07) is 1.78. The summed E-state index contributed by atoms with van der Waals surface area (Å²) >= 11 is 0. The molecule has 2 aromatic rings. The number of carbonyl (C=O) groups excluding carboxylic acids is 1. The second kappa shape index (κ2) is 4.34. The van der Waals surface area contributed by atoms with Gasteiger partial charge in [-0.15, -0.1) is 5.10 Å². The maximum atomic E-state index is 12.3. The molecule has 2 N–H and O–H groups in total. The molecule has 1 amide bonds. The SMILES string of the molecule is NC1CCN(C(=O)n2nnc3ccncc32)CC1. The molecule has 0 unspecified atom stereocenters. The molecule has 1 saturated heterocycles. The van der Waals surface area contributed by atoms with Gasteiger partial charge < -0.3 is 10.6 Å². The highest BCUT2D eigenvalue weighted by molar-refractivity contribution is 5.87. The Balaban J connectivity index is 1.88. The van der Waals surface area contributed by atoms with Crippen LogP contribution in [0.5, 0.6) is 0 Å². The summed E-state index contributed by atoms with van der Waals surface area (Å²) in [6.45, 7) is 1.34. The highest BCUT2D eigenvalue weighted by atomic mass is 16.2. The Labute approximate surface area is 104 Å². The van der Waals surface area contributed by atoms with Gasteiger partial charge in [-0.25, -0.2) is 4.79 Å². The van der Waals surface area contributed by atoms with Crippen molar-refractivity contribution in [2.45, 2.75) is 18.9 Å². The summed E-state index contributed by atoms with van der Waals surface area (Å²) in [4.78, 5) is 18.0. The van der Waals surface area contributed by atoms with E-state index in [0.717, 1.165) is 12.8 Å². The number of carbonyl (C=O) groups is 1. The van der Waals surface area contributed by atoms with Gasteiger partial charge in [0.1, 0.15) is 11.0 Å². The molecular formula is C11H14N6O. The van der Waals surface area contributed by atoms with E-state index in [9.17, 15) is 4.79 Å². The van der Waals surface area contributed by atoms with Crippen molar-refractivity contribution in [3.05, 3.63) is 18.5 Å². The molecule has 0 aliphatic carbocycles. The predicted molar refractivity (Wildman–Crippen MR) is 64.9 cm³/mol. The van der Waals surface area contributed by atoms with Crippen LogP contribution in [0.25, 0.3) is 11.0 Å². The third-order valence-corrected chi connectivity index (χ3v) is 3.24. The summed E-state index contributed by atoms with van der Waals surface area (Å²) in [7, 11) is 0. The summed E-state index contributed by atoms with van der Waals surface area (Å²) in [6.07, 6.45) is 4.89. The lowest BCUT2D eigenvalue weighted by Crippen LogP contribution is -2.44. The topological polar surface area (TPSA) is 89.9 Å². The number of hydrogen-bond donors (Lipinski definition) is 1. The number of nitrogens with two attached hydrogens (primary N) is 1. The number of hydrogen-bond acceptors (Lipinski definition) is 5. The van der Waals surface area contributed by atoms with E-state index in [2.05, 4.69) is 15.3 Å². The third kappa shape index (κ3) is 1.82. The zero-order valence-electron chi connectivity index (χ0n) is 9.86. The van der Waals surface area contributed by atoms with Gasteiger partial charge in [0.2, 0.25) is 0 Å². The van der Waals surface area contributed by atoms with E-state index in [0.29, 0.717) is 24.1 Å². The lowest BCUT2D eigenvalue weighted by molar-refractivity contribution is 0.181. The van der Waals surface area contributed by atoms with Crippen molar-refractivity contribution in [3.8, 4) is 0 Å². The van der Waals surface area contributed by atoms with Crippen LogP contribution < -0.4 is 5.73 Å². The molecule has 1 aliphatic heterocycles. The highest BCUT2D eigenvalue weighted by Crippen LogP contribution is 2.13. The molecule has 0 bridgehead atoms. The number of amides is 1. The van der Waals surface area contributed by atoms with Crippen LogP contribution in [0, 0.1) is 0 Å². The lowest BCUT2D eigenvalue weighted by Gasteiger charge is -2.29. The molecule has 18 heavy (non-hydrogen) atoms. The lowest BCUT2D eigenvalue weighted by atomic mass is 10.1. The van der Waals surface area contributed by atoms with Crippen molar-refractivity contribution >= 4 is 17.1 Å². The average molecular weight is 246 g/mol. The average Bonchev–Trinajstić information content (AvgIpc) is 2.82. The van der Waals surface area contributed by atoms with Crippen molar-refractivity contribution in [2.24, 2.45) is 5.73 Å². The van der Waals surface area contributed by atoms with Crippen LogP contribution >= 0.6 is 0 Å². The van der Waals surface area contributed by atoms with Crippen LogP contribution in [0.1, 0.15) is 12.8 Å². The van der Waals surface area contributed by atoms with Crippen LogP contribution in [-0.4, -0.2) is 50.0 Å². The zero-order chi connectivity index (χ0) is 12.5. The Hall–Kier alpha value is -2.02. The Bertz CT molecular complexity index is 572. The van der Waals surface area contributed by atoms with Crippen molar-refractivity contribution in [3.63, 3.8) is 0 Å². The first-order chi connectivity index (χ1) is 8.75. The molecule has 7 nitrogen and oxygen atoms in total. The van der Waals surface area contributed by atoms with Crippen molar-refractivity contribution < 1.29 is 4.79 Å². The molecule has 3 rings (SSSR count). The standard InChI is InChI=1S/C11H14N6O/c12-8-2-5-16(6-3-8)11(18)17-10-7-13-4-1-9(10)14-15-17/h1,4,7-8H,2-3,5-6,12H2. The van der Waals surface area contributed by atoms with Crippen LogP contribution in [-0.2, 0) is 0 Å². The van der Waals surface area contributed by atoms with Crippen LogP contribution in [0.4, 0.5) is 4.79 Å². The first-order valence-corrected chi connectivity index (χ1v) is 5.96. The van der Waals surface area contributed by atoms with Gasteiger partial charge in [-0.05, 0) is 18.9 Å². The van der Waals surface area contributed by atoms with E-state index in [1.807, 2.05) is 0 Å². The zero-order valence-corrected chi connectivity index (χ0v) is 9.86. The third-order valence-electron chi connectivity index (χ3n) is 3.24. The number of likely N-dealkylation sites (tertiary alicyclic amines) is 1. The van der Waals surface area contributed by atoms with Gasteiger partial charge >= 0.3 is 6.03 Å². The fraction of sp³-hybridized carbons (Fsp3) is 0.455. The maximum absolute atomic E-state index is 12.3. The number of aromatic nitrogens is 4. The molecule has 2 aromatic heterocycles.